The van der Waals surface area contributed by atoms with Crippen LogP contribution in [-0.2, 0) is 25.6 Å². The summed E-state index contributed by atoms with van der Waals surface area (Å²) < 4.78 is 36.1. The number of carbonyl (C=O) groups excluding carboxylic acids is 2. The van der Waals surface area contributed by atoms with Gasteiger partial charge in [-0.05, 0) is 44.0 Å². The van der Waals surface area contributed by atoms with Gasteiger partial charge in [-0.15, -0.1) is 0 Å². The molecule has 2 aromatic carbocycles. The molecule has 0 aliphatic carbocycles. The Kier molecular flexibility index (Phi) is 8.79. The molecule has 1 saturated heterocycles. The van der Waals surface area contributed by atoms with Crippen molar-refractivity contribution < 1.29 is 32.9 Å². The molecule has 3 rings (SSSR count). The van der Waals surface area contributed by atoms with Crippen LogP contribution in [0.1, 0.15) is 31.9 Å². The number of ether oxygens (including phenoxy) is 4. The minimum atomic E-state index is -0.558. The Morgan fingerprint density at radius 2 is 1.72 bits per heavy atom. The van der Waals surface area contributed by atoms with Crippen molar-refractivity contribution in [3.63, 3.8) is 0 Å². The third kappa shape index (κ3) is 6.90. The lowest BCUT2D eigenvalue weighted by atomic mass is 10.0. The first-order valence-corrected chi connectivity index (χ1v) is 11.7. The van der Waals surface area contributed by atoms with Gasteiger partial charge in [0.25, 0.3) is 0 Å². The lowest BCUT2D eigenvalue weighted by molar-refractivity contribution is -0.133. The predicted octanol–water partition coefficient (Wildman–Crippen LogP) is 4.62. The van der Waals surface area contributed by atoms with Crippen molar-refractivity contribution in [2.24, 2.45) is 0 Å². The van der Waals surface area contributed by atoms with Gasteiger partial charge in [-0.1, -0.05) is 24.3 Å². The first-order chi connectivity index (χ1) is 17.1. The Bertz CT molecular complexity index is 1100. The van der Waals surface area contributed by atoms with Gasteiger partial charge in [-0.3, -0.25) is 0 Å². The van der Waals surface area contributed by atoms with Gasteiger partial charge in [0.05, 0.1) is 26.2 Å². The van der Waals surface area contributed by atoms with Gasteiger partial charge in [0.1, 0.15) is 29.3 Å². The van der Waals surface area contributed by atoms with E-state index in [0.717, 1.165) is 0 Å². The van der Waals surface area contributed by atoms with E-state index < -0.39 is 17.4 Å². The molecule has 0 bridgehead atoms. The molecule has 8 nitrogen and oxygen atoms in total. The summed E-state index contributed by atoms with van der Waals surface area (Å²) in [7, 11) is 2.75. The second-order valence-electron chi connectivity index (χ2n) is 9.27. The van der Waals surface area contributed by atoms with Crippen molar-refractivity contribution in [3.8, 4) is 5.75 Å². The number of amides is 1. The van der Waals surface area contributed by atoms with E-state index in [1.54, 1.807) is 29.2 Å². The zero-order valence-electron chi connectivity index (χ0n) is 21.4. The number of methoxy groups -OCH3 is 2. The fourth-order valence-corrected chi connectivity index (χ4v) is 3.81. The fourth-order valence-electron chi connectivity index (χ4n) is 3.81. The van der Waals surface area contributed by atoms with Crippen molar-refractivity contribution in [1.29, 1.82) is 0 Å². The summed E-state index contributed by atoms with van der Waals surface area (Å²) in [5.41, 5.74) is 1.46. The van der Waals surface area contributed by atoms with E-state index in [1.165, 1.54) is 26.5 Å². The third-order valence-corrected chi connectivity index (χ3v) is 5.53. The van der Waals surface area contributed by atoms with Crippen LogP contribution >= 0.6 is 0 Å². The van der Waals surface area contributed by atoms with Gasteiger partial charge >= 0.3 is 12.1 Å². The highest BCUT2D eigenvalue weighted by molar-refractivity contribution is 6.16. The second kappa shape index (κ2) is 11.8. The van der Waals surface area contributed by atoms with Crippen molar-refractivity contribution >= 4 is 23.3 Å². The van der Waals surface area contributed by atoms with E-state index in [9.17, 15) is 14.0 Å². The van der Waals surface area contributed by atoms with E-state index in [2.05, 4.69) is 0 Å². The molecule has 0 atom stereocenters. The summed E-state index contributed by atoms with van der Waals surface area (Å²) in [5.74, 6) is -0.596. The Labute approximate surface area is 211 Å². The van der Waals surface area contributed by atoms with E-state index in [1.807, 2.05) is 37.8 Å². The second-order valence-corrected chi connectivity index (χ2v) is 9.27. The number of esters is 1. The topological polar surface area (TPSA) is 77.5 Å². The smallest absolute Gasteiger partial charge is 0.410 e. The quantitative estimate of drug-likeness (QED) is 0.312. The summed E-state index contributed by atoms with van der Waals surface area (Å²) in [6.45, 7) is 7.47. The molecular formula is C27H33FN2O6. The third-order valence-electron chi connectivity index (χ3n) is 5.53. The van der Waals surface area contributed by atoms with Gasteiger partial charge < -0.3 is 28.7 Å². The Balaban J connectivity index is 1.65. The van der Waals surface area contributed by atoms with Gasteiger partial charge in [-0.25, -0.2) is 14.0 Å². The molecule has 0 radical (unpaired) electrons. The highest BCUT2D eigenvalue weighted by Gasteiger charge is 2.27. The first-order valence-electron chi connectivity index (χ1n) is 11.7. The molecule has 0 aromatic heterocycles. The van der Waals surface area contributed by atoms with Crippen LogP contribution in [0.25, 0.3) is 5.57 Å². The average Bonchev–Trinajstić information content (AvgIpc) is 2.85. The van der Waals surface area contributed by atoms with Crippen LogP contribution in [0.15, 0.2) is 48.7 Å². The molecule has 0 N–H and O–H groups in total. The van der Waals surface area contributed by atoms with Crippen molar-refractivity contribution in [2.45, 2.75) is 33.0 Å². The fraction of sp³-hybridized carbons (Fsp3) is 0.407. The summed E-state index contributed by atoms with van der Waals surface area (Å²) >= 11 is 0. The number of piperazine rings is 1. The summed E-state index contributed by atoms with van der Waals surface area (Å²) in [6.07, 6.45) is 0.962. The molecule has 9 heteroatoms. The monoisotopic (exact) mass is 500 g/mol. The highest BCUT2D eigenvalue weighted by atomic mass is 19.1. The zero-order chi connectivity index (χ0) is 26.3. The highest BCUT2D eigenvalue weighted by Crippen LogP contribution is 2.27. The van der Waals surface area contributed by atoms with Gasteiger partial charge in [0.2, 0.25) is 0 Å². The van der Waals surface area contributed by atoms with Crippen LogP contribution in [-0.4, -0.2) is 63.0 Å². The van der Waals surface area contributed by atoms with Crippen LogP contribution in [0, 0.1) is 5.82 Å². The number of nitrogens with zero attached hydrogens (tertiary/aromatic N) is 2. The summed E-state index contributed by atoms with van der Waals surface area (Å²) in [5, 5.41) is 0. The number of anilines is 1. The normalized spacial score (nSPS) is 14.3. The SMILES string of the molecule is COC=C(C(=O)OC)c1ccccc1COc1ccc(N2CCN(C(=O)OC(C)(C)C)CC2)c(F)c1. The molecule has 1 aliphatic rings. The Hall–Kier alpha value is -3.75. The van der Waals surface area contributed by atoms with Crippen LogP contribution in [0.5, 0.6) is 5.75 Å². The lowest BCUT2D eigenvalue weighted by Gasteiger charge is -2.36. The maximum Gasteiger partial charge on any atom is 0.410 e. The number of hydrogen-bond acceptors (Lipinski definition) is 7. The largest absolute Gasteiger partial charge is 0.503 e. The van der Waals surface area contributed by atoms with E-state index in [-0.39, 0.29) is 18.3 Å². The van der Waals surface area contributed by atoms with Crippen LogP contribution in [0.4, 0.5) is 14.9 Å². The van der Waals surface area contributed by atoms with Gasteiger partial charge in [0, 0.05) is 32.2 Å². The first kappa shape index (κ1) is 26.8. The molecule has 0 unspecified atom stereocenters. The number of rotatable bonds is 7. The van der Waals surface area contributed by atoms with Crippen molar-refractivity contribution in [3.05, 3.63) is 65.7 Å². The predicted molar refractivity (Wildman–Crippen MR) is 134 cm³/mol. The molecule has 1 heterocycles. The number of carbonyl (C=O) groups is 2. The number of hydrogen-bond donors (Lipinski definition) is 0. The average molecular weight is 501 g/mol. The minimum absolute atomic E-state index is 0.113. The molecule has 2 aromatic rings. The zero-order valence-corrected chi connectivity index (χ0v) is 21.4. The maximum atomic E-state index is 15.0. The van der Waals surface area contributed by atoms with Gasteiger partial charge in [-0.2, -0.15) is 0 Å². The van der Waals surface area contributed by atoms with E-state index in [4.69, 9.17) is 18.9 Å². The van der Waals surface area contributed by atoms with Crippen LogP contribution in [0.3, 0.4) is 0 Å². The Morgan fingerprint density at radius 3 is 2.33 bits per heavy atom. The Morgan fingerprint density at radius 1 is 1.03 bits per heavy atom. The van der Waals surface area contributed by atoms with Crippen LogP contribution in [0.2, 0.25) is 0 Å². The molecule has 194 valence electrons. The van der Waals surface area contributed by atoms with Gasteiger partial charge in [0.15, 0.2) is 0 Å². The molecule has 1 fully saturated rings. The number of benzene rings is 2. The molecular weight excluding hydrogens is 467 g/mol. The molecule has 1 aliphatic heterocycles. The molecule has 0 spiro atoms. The standard InChI is InChI=1S/C27H33FN2O6/c1-27(2,3)36-26(32)30-14-12-29(13-15-30)24-11-10-20(16-23(24)28)35-17-19-8-6-7-9-21(19)22(18-33-4)25(31)34-5/h6-11,16,18H,12-15,17H2,1-5H3. The molecule has 1 amide bonds. The summed E-state index contributed by atoms with van der Waals surface area (Å²) in [4.78, 5) is 28.0. The van der Waals surface area contributed by atoms with Crippen molar-refractivity contribution in [2.75, 3.05) is 45.3 Å². The minimum Gasteiger partial charge on any atom is -0.503 e. The molecule has 0 saturated carbocycles. The van der Waals surface area contributed by atoms with Crippen LogP contribution < -0.4 is 9.64 Å². The van der Waals surface area contributed by atoms with E-state index >= 15 is 0 Å². The van der Waals surface area contributed by atoms with E-state index in [0.29, 0.717) is 48.7 Å². The lowest BCUT2D eigenvalue weighted by Crippen LogP contribution is -2.50. The maximum absolute atomic E-state index is 15.0. The van der Waals surface area contributed by atoms with Crippen molar-refractivity contribution in [1.82, 2.24) is 4.90 Å². The number of halogens is 1. The summed E-state index contributed by atoms with van der Waals surface area (Å²) in [6, 6.07) is 11.9. The molecule has 36 heavy (non-hydrogen) atoms.